The number of aliphatic carboxylic acids is 1. The van der Waals surface area contributed by atoms with Crippen LogP contribution in [-0.2, 0) is 9.59 Å². The van der Waals surface area contributed by atoms with Crippen molar-refractivity contribution in [2.75, 3.05) is 5.75 Å². The molecule has 1 atom stereocenters. The minimum Gasteiger partial charge on any atom is -0.480 e. The predicted octanol–water partition coefficient (Wildman–Crippen LogP) is 1.46. The number of nitrogens with zero attached hydrogens (tertiary/aromatic N) is 2. The van der Waals surface area contributed by atoms with Crippen LogP contribution in [0.2, 0.25) is 0 Å². The summed E-state index contributed by atoms with van der Waals surface area (Å²) in [5.74, 6) is -0.951. The summed E-state index contributed by atoms with van der Waals surface area (Å²) in [5.41, 5.74) is 0.657. The molecule has 1 aromatic heterocycles. The molecule has 1 aliphatic rings. The van der Waals surface area contributed by atoms with Crippen molar-refractivity contribution >= 4 is 41.6 Å². The molecule has 1 aromatic rings. The molecule has 0 saturated heterocycles. The second-order valence-corrected chi connectivity index (χ2v) is 5.19. The number of carbonyl (C=O) groups is 2. The first-order valence-electron chi connectivity index (χ1n) is 5.40. The lowest BCUT2D eigenvalue weighted by molar-refractivity contribution is -0.148. The van der Waals surface area contributed by atoms with Gasteiger partial charge in [0.1, 0.15) is 0 Å². The fraction of sp³-hybridized carbons (Fsp3) is 0.364. The standard InChI is InChI=1S/C11H12N2O3S2/c14-10(3-4-17)13-8(11(15)16)6-7(12-13)9-2-1-5-18-9/h1-2,5,8,17H,3-4,6H2,(H,15,16). The summed E-state index contributed by atoms with van der Waals surface area (Å²) < 4.78 is 0. The van der Waals surface area contributed by atoms with Crippen molar-refractivity contribution in [1.29, 1.82) is 0 Å². The van der Waals surface area contributed by atoms with Gasteiger partial charge in [-0.25, -0.2) is 9.80 Å². The quantitative estimate of drug-likeness (QED) is 0.822. The normalized spacial score (nSPS) is 18.8. The minimum atomic E-state index is -1.03. The number of carboxylic acids is 1. The highest BCUT2D eigenvalue weighted by Crippen LogP contribution is 2.23. The average molecular weight is 284 g/mol. The van der Waals surface area contributed by atoms with Gasteiger partial charge in [0.25, 0.3) is 0 Å². The van der Waals surface area contributed by atoms with Crippen molar-refractivity contribution in [3.05, 3.63) is 22.4 Å². The van der Waals surface area contributed by atoms with E-state index in [0.29, 0.717) is 11.5 Å². The Bertz CT molecular complexity index is 484. The second-order valence-electron chi connectivity index (χ2n) is 3.79. The van der Waals surface area contributed by atoms with Gasteiger partial charge in [-0.3, -0.25) is 4.79 Å². The van der Waals surface area contributed by atoms with Crippen LogP contribution >= 0.6 is 24.0 Å². The van der Waals surface area contributed by atoms with Crippen LogP contribution in [0.25, 0.3) is 0 Å². The van der Waals surface area contributed by atoms with E-state index in [1.807, 2.05) is 17.5 Å². The zero-order valence-electron chi connectivity index (χ0n) is 9.44. The third-order valence-corrected chi connectivity index (χ3v) is 3.72. The van der Waals surface area contributed by atoms with Crippen LogP contribution in [0.15, 0.2) is 22.6 Å². The van der Waals surface area contributed by atoms with Gasteiger partial charge in [0, 0.05) is 12.8 Å². The smallest absolute Gasteiger partial charge is 0.329 e. The van der Waals surface area contributed by atoms with Crippen molar-refractivity contribution in [3.63, 3.8) is 0 Å². The first kappa shape index (κ1) is 13.1. The van der Waals surface area contributed by atoms with Crippen molar-refractivity contribution in [1.82, 2.24) is 5.01 Å². The Morgan fingerprint density at radius 3 is 2.94 bits per heavy atom. The summed E-state index contributed by atoms with van der Waals surface area (Å²) in [6.07, 6.45) is 0.447. The Hall–Kier alpha value is -1.34. The molecule has 18 heavy (non-hydrogen) atoms. The highest BCUT2D eigenvalue weighted by molar-refractivity contribution is 7.80. The molecule has 7 heteroatoms. The lowest BCUT2D eigenvalue weighted by atomic mass is 10.1. The summed E-state index contributed by atoms with van der Waals surface area (Å²) in [5, 5.41) is 16.3. The monoisotopic (exact) mass is 284 g/mol. The van der Waals surface area contributed by atoms with Gasteiger partial charge in [0.15, 0.2) is 6.04 Å². The molecule has 2 heterocycles. The highest BCUT2D eigenvalue weighted by atomic mass is 32.1. The average Bonchev–Trinajstić information content (AvgIpc) is 2.98. The van der Waals surface area contributed by atoms with Crippen molar-refractivity contribution in [2.45, 2.75) is 18.9 Å². The van der Waals surface area contributed by atoms with Gasteiger partial charge in [-0.15, -0.1) is 11.3 Å². The van der Waals surface area contributed by atoms with Gasteiger partial charge >= 0.3 is 5.97 Å². The Morgan fingerprint density at radius 2 is 2.39 bits per heavy atom. The number of hydrogen-bond donors (Lipinski definition) is 2. The molecule has 1 aliphatic heterocycles. The van der Waals surface area contributed by atoms with E-state index in [0.717, 1.165) is 9.89 Å². The van der Waals surface area contributed by atoms with E-state index in [9.17, 15) is 9.59 Å². The molecule has 0 bridgehead atoms. The van der Waals surface area contributed by atoms with E-state index >= 15 is 0 Å². The summed E-state index contributed by atoms with van der Waals surface area (Å²) >= 11 is 5.46. The Morgan fingerprint density at radius 1 is 1.61 bits per heavy atom. The predicted molar refractivity (Wildman–Crippen MR) is 72.2 cm³/mol. The number of thiol groups is 1. The van der Waals surface area contributed by atoms with Crippen LogP contribution in [0, 0.1) is 0 Å². The minimum absolute atomic E-state index is 0.189. The highest BCUT2D eigenvalue weighted by Gasteiger charge is 2.36. The van der Waals surface area contributed by atoms with Crippen molar-refractivity contribution < 1.29 is 14.7 Å². The van der Waals surface area contributed by atoms with E-state index in [2.05, 4.69) is 17.7 Å². The lowest BCUT2D eigenvalue weighted by Crippen LogP contribution is -2.38. The molecule has 0 aromatic carbocycles. The molecule has 0 saturated carbocycles. The SMILES string of the molecule is O=C(O)C1CC(c2cccs2)=NN1C(=O)CCS. The zero-order chi connectivity index (χ0) is 13.1. The van der Waals surface area contributed by atoms with E-state index < -0.39 is 12.0 Å². The van der Waals surface area contributed by atoms with Gasteiger partial charge in [0.05, 0.1) is 10.6 Å². The van der Waals surface area contributed by atoms with E-state index in [1.165, 1.54) is 11.3 Å². The molecule has 0 radical (unpaired) electrons. The molecule has 0 aliphatic carbocycles. The first-order chi connectivity index (χ1) is 8.63. The molecule has 1 unspecified atom stereocenters. The number of amides is 1. The molecule has 5 nitrogen and oxygen atoms in total. The molecule has 0 fully saturated rings. The van der Waals surface area contributed by atoms with E-state index in [1.54, 1.807) is 0 Å². The van der Waals surface area contributed by atoms with Crippen molar-refractivity contribution in [2.24, 2.45) is 5.10 Å². The van der Waals surface area contributed by atoms with Crippen molar-refractivity contribution in [3.8, 4) is 0 Å². The van der Waals surface area contributed by atoms with Gasteiger partial charge in [-0.1, -0.05) is 6.07 Å². The largest absolute Gasteiger partial charge is 0.480 e. The fourth-order valence-electron chi connectivity index (χ4n) is 1.73. The summed E-state index contributed by atoms with van der Waals surface area (Å²) in [6, 6.07) is 2.85. The second kappa shape index (κ2) is 5.53. The van der Waals surface area contributed by atoms with Gasteiger partial charge in [-0.2, -0.15) is 17.7 Å². The Labute approximate surface area is 114 Å². The summed E-state index contributed by atoms with van der Waals surface area (Å²) in [7, 11) is 0. The molecule has 1 N–H and O–H groups in total. The van der Waals surface area contributed by atoms with Gasteiger partial charge < -0.3 is 5.11 Å². The number of hydrogen-bond acceptors (Lipinski definition) is 5. The number of carbonyl (C=O) groups excluding carboxylic acids is 1. The number of thiophene rings is 1. The van der Waals surface area contributed by atoms with E-state index in [4.69, 9.17) is 5.11 Å². The van der Waals surface area contributed by atoms with Crippen LogP contribution < -0.4 is 0 Å². The maximum Gasteiger partial charge on any atom is 0.329 e. The Kier molecular flexibility index (Phi) is 4.03. The molecule has 1 amide bonds. The third-order valence-electron chi connectivity index (χ3n) is 2.58. The maximum atomic E-state index is 11.8. The first-order valence-corrected chi connectivity index (χ1v) is 6.91. The topological polar surface area (TPSA) is 70.0 Å². The summed E-state index contributed by atoms with van der Waals surface area (Å²) in [6.45, 7) is 0. The third kappa shape index (κ3) is 2.56. The Balaban J connectivity index is 2.23. The molecular weight excluding hydrogens is 272 g/mol. The molecule has 96 valence electrons. The number of rotatable bonds is 4. The van der Waals surface area contributed by atoms with Gasteiger partial charge in [0.2, 0.25) is 5.91 Å². The van der Waals surface area contributed by atoms with E-state index in [-0.39, 0.29) is 18.7 Å². The summed E-state index contributed by atoms with van der Waals surface area (Å²) in [4.78, 5) is 23.8. The van der Waals surface area contributed by atoms with Crippen LogP contribution in [0.1, 0.15) is 17.7 Å². The zero-order valence-corrected chi connectivity index (χ0v) is 11.2. The fourth-order valence-corrected chi connectivity index (χ4v) is 2.65. The van der Waals surface area contributed by atoms with Gasteiger partial charge in [-0.05, 0) is 17.2 Å². The van der Waals surface area contributed by atoms with Crippen LogP contribution in [0.5, 0.6) is 0 Å². The number of hydrazone groups is 1. The van der Waals surface area contributed by atoms with Crippen LogP contribution in [0.4, 0.5) is 0 Å². The number of carboxylic acid groups (broad SMARTS) is 1. The lowest BCUT2D eigenvalue weighted by Gasteiger charge is -2.17. The maximum absolute atomic E-state index is 11.8. The molecule has 0 spiro atoms. The molecule has 2 rings (SSSR count). The van der Waals surface area contributed by atoms with Crippen LogP contribution in [-0.4, -0.2) is 39.5 Å². The van der Waals surface area contributed by atoms with Crippen LogP contribution in [0.3, 0.4) is 0 Å². The molecular formula is C11H12N2O3S2.